The minimum absolute atomic E-state index is 0.432. The van der Waals surface area contributed by atoms with Crippen LogP contribution < -0.4 is 11.1 Å². The summed E-state index contributed by atoms with van der Waals surface area (Å²) in [5.74, 6) is 1.19. The zero-order valence-electron chi connectivity index (χ0n) is 13.3. The molecule has 0 aliphatic heterocycles. The van der Waals surface area contributed by atoms with Crippen molar-refractivity contribution in [2.75, 3.05) is 5.32 Å². The zero-order valence-corrected chi connectivity index (χ0v) is 14.1. The van der Waals surface area contributed by atoms with E-state index >= 15 is 0 Å². The van der Waals surface area contributed by atoms with Gasteiger partial charge in [-0.25, -0.2) is 9.97 Å². The second-order valence-electron chi connectivity index (χ2n) is 5.37. The van der Waals surface area contributed by atoms with Crippen LogP contribution in [0.15, 0.2) is 24.3 Å². The van der Waals surface area contributed by atoms with E-state index in [2.05, 4.69) is 29.1 Å². The molecule has 0 saturated heterocycles. The number of carbonyl (C=O) groups excluding carboxylic acids is 1. The van der Waals surface area contributed by atoms with Gasteiger partial charge in [0.15, 0.2) is 0 Å². The summed E-state index contributed by atoms with van der Waals surface area (Å²) in [5.41, 5.74) is 7.82. The molecule has 2 heterocycles. The first-order valence-corrected chi connectivity index (χ1v) is 8.24. The molecule has 0 radical (unpaired) electrons. The quantitative estimate of drug-likeness (QED) is 0.766. The van der Waals surface area contributed by atoms with Gasteiger partial charge in [-0.2, -0.15) is 0 Å². The van der Waals surface area contributed by atoms with E-state index in [4.69, 9.17) is 5.73 Å². The summed E-state index contributed by atoms with van der Waals surface area (Å²) >= 11 is 1.69. The lowest BCUT2D eigenvalue weighted by Crippen LogP contribution is -2.10. The maximum absolute atomic E-state index is 11.2. The summed E-state index contributed by atoms with van der Waals surface area (Å²) < 4.78 is 0. The number of nitrogens with two attached hydrogens (primary N) is 1. The van der Waals surface area contributed by atoms with Gasteiger partial charge < -0.3 is 11.1 Å². The van der Waals surface area contributed by atoms with E-state index in [9.17, 15) is 4.79 Å². The number of fused-ring (bicyclic) bond motifs is 1. The van der Waals surface area contributed by atoms with Gasteiger partial charge in [0.2, 0.25) is 5.91 Å². The predicted molar refractivity (Wildman–Crippen MR) is 94.5 cm³/mol. The Morgan fingerprint density at radius 2 is 1.91 bits per heavy atom. The van der Waals surface area contributed by atoms with Crippen molar-refractivity contribution in [2.45, 2.75) is 27.2 Å². The van der Waals surface area contributed by atoms with Crippen LogP contribution in [0, 0.1) is 13.8 Å². The van der Waals surface area contributed by atoms with Crippen molar-refractivity contribution >= 4 is 39.0 Å². The molecule has 1 aromatic carbocycles. The fourth-order valence-corrected chi connectivity index (χ4v) is 3.44. The number of rotatable bonds is 4. The van der Waals surface area contributed by atoms with Crippen LogP contribution in [0.2, 0.25) is 0 Å². The van der Waals surface area contributed by atoms with Crippen LogP contribution in [0.5, 0.6) is 0 Å². The highest BCUT2D eigenvalue weighted by molar-refractivity contribution is 7.18. The average Bonchev–Trinajstić information content (AvgIpc) is 2.82. The first-order valence-electron chi connectivity index (χ1n) is 7.43. The third-order valence-corrected chi connectivity index (χ3v) is 4.92. The van der Waals surface area contributed by atoms with Gasteiger partial charge in [-0.3, -0.25) is 4.79 Å². The Balaban J connectivity index is 2.06. The second kappa shape index (κ2) is 5.96. The minimum atomic E-state index is -0.432. The molecule has 23 heavy (non-hydrogen) atoms. The molecule has 1 amide bonds. The number of aryl methyl sites for hydroxylation is 3. The third kappa shape index (κ3) is 2.90. The lowest BCUT2D eigenvalue weighted by molar-refractivity contribution is 0.100. The first-order chi connectivity index (χ1) is 11.0. The maximum Gasteiger partial charge on any atom is 0.248 e. The molecular formula is C17H18N4OS. The Hall–Kier alpha value is -2.47. The highest BCUT2D eigenvalue weighted by atomic mass is 32.1. The van der Waals surface area contributed by atoms with Gasteiger partial charge in [0.05, 0.1) is 5.39 Å². The van der Waals surface area contributed by atoms with Crippen LogP contribution in [-0.2, 0) is 6.42 Å². The van der Waals surface area contributed by atoms with Crippen molar-refractivity contribution in [1.29, 1.82) is 0 Å². The molecule has 0 unspecified atom stereocenters. The molecular weight excluding hydrogens is 308 g/mol. The third-order valence-electron chi connectivity index (χ3n) is 3.82. The molecule has 3 N–H and O–H groups in total. The van der Waals surface area contributed by atoms with Crippen LogP contribution in [0.4, 0.5) is 11.5 Å². The smallest absolute Gasteiger partial charge is 0.248 e. The summed E-state index contributed by atoms with van der Waals surface area (Å²) in [6.07, 6.45) is 0.779. The average molecular weight is 326 g/mol. The van der Waals surface area contributed by atoms with Crippen LogP contribution in [-0.4, -0.2) is 15.9 Å². The molecule has 3 aromatic rings. The standard InChI is InChI=1S/C17H18N4OS/c1-4-13-20-16(14-9(2)10(3)23-17(14)21-13)19-12-7-5-11(6-8-12)15(18)22/h5-8H,4H2,1-3H3,(H2,18,22)(H,19,20,21). The topological polar surface area (TPSA) is 80.9 Å². The highest BCUT2D eigenvalue weighted by Crippen LogP contribution is 2.34. The summed E-state index contributed by atoms with van der Waals surface area (Å²) in [6, 6.07) is 7.06. The number of amides is 1. The van der Waals surface area contributed by atoms with Crippen molar-refractivity contribution in [1.82, 2.24) is 9.97 Å². The van der Waals surface area contributed by atoms with Crippen molar-refractivity contribution in [2.24, 2.45) is 5.73 Å². The lowest BCUT2D eigenvalue weighted by atomic mass is 10.2. The second-order valence-corrected chi connectivity index (χ2v) is 6.58. The molecule has 0 fully saturated rings. The number of anilines is 2. The summed E-state index contributed by atoms with van der Waals surface area (Å²) in [5, 5.41) is 4.40. The Bertz CT molecular complexity index is 884. The molecule has 0 aliphatic carbocycles. The number of carbonyl (C=O) groups is 1. The molecule has 0 atom stereocenters. The molecule has 118 valence electrons. The maximum atomic E-state index is 11.2. The predicted octanol–water partition coefficient (Wildman–Crippen LogP) is 3.71. The molecule has 6 heteroatoms. The summed E-state index contributed by atoms with van der Waals surface area (Å²) in [6.45, 7) is 6.23. The first kappa shape index (κ1) is 15.4. The van der Waals surface area contributed by atoms with Gasteiger partial charge in [0.25, 0.3) is 0 Å². The number of aromatic nitrogens is 2. The molecule has 3 rings (SSSR count). The Kier molecular flexibility index (Phi) is 4.00. The molecule has 0 aliphatic rings. The number of benzene rings is 1. The van der Waals surface area contributed by atoms with Gasteiger partial charge in [-0.05, 0) is 43.7 Å². The van der Waals surface area contributed by atoms with Gasteiger partial charge >= 0.3 is 0 Å². The number of thiophene rings is 1. The van der Waals surface area contributed by atoms with E-state index in [1.54, 1.807) is 23.5 Å². The van der Waals surface area contributed by atoms with Gasteiger partial charge in [0.1, 0.15) is 16.5 Å². The van der Waals surface area contributed by atoms with Crippen LogP contribution >= 0.6 is 11.3 Å². The Morgan fingerprint density at radius 3 is 2.52 bits per heavy atom. The monoisotopic (exact) mass is 326 g/mol. The number of nitrogens with zero attached hydrogens (tertiary/aromatic N) is 2. The van der Waals surface area contributed by atoms with E-state index in [0.29, 0.717) is 5.56 Å². The summed E-state index contributed by atoms with van der Waals surface area (Å²) in [7, 11) is 0. The fourth-order valence-electron chi connectivity index (χ4n) is 2.40. The minimum Gasteiger partial charge on any atom is -0.366 e. The number of nitrogens with one attached hydrogen (secondary N) is 1. The van der Waals surface area contributed by atoms with E-state index in [1.807, 2.05) is 19.1 Å². The fraction of sp³-hybridized carbons (Fsp3) is 0.235. The van der Waals surface area contributed by atoms with Crippen molar-refractivity contribution in [3.05, 3.63) is 46.1 Å². The number of hydrogen-bond donors (Lipinski definition) is 2. The van der Waals surface area contributed by atoms with Gasteiger partial charge in [-0.1, -0.05) is 6.92 Å². The van der Waals surface area contributed by atoms with E-state index in [1.165, 1.54) is 10.4 Å². The van der Waals surface area contributed by atoms with Crippen LogP contribution in [0.1, 0.15) is 33.5 Å². The molecule has 0 spiro atoms. The van der Waals surface area contributed by atoms with Crippen LogP contribution in [0.3, 0.4) is 0 Å². The van der Waals surface area contributed by atoms with Crippen molar-refractivity contribution in [3.8, 4) is 0 Å². The Labute approximate surface area is 138 Å². The number of primary amides is 1. The molecule has 2 aromatic heterocycles. The normalized spacial score (nSPS) is 10.9. The van der Waals surface area contributed by atoms with Gasteiger partial charge in [0, 0.05) is 22.5 Å². The van der Waals surface area contributed by atoms with Crippen molar-refractivity contribution in [3.63, 3.8) is 0 Å². The number of hydrogen-bond acceptors (Lipinski definition) is 5. The highest BCUT2D eigenvalue weighted by Gasteiger charge is 2.14. The van der Waals surface area contributed by atoms with Crippen LogP contribution in [0.25, 0.3) is 10.2 Å². The summed E-state index contributed by atoms with van der Waals surface area (Å²) in [4.78, 5) is 22.7. The van der Waals surface area contributed by atoms with Crippen molar-refractivity contribution < 1.29 is 4.79 Å². The SMILES string of the molecule is CCc1nc(Nc2ccc(C(N)=O)cc2)c2c(C)c(C)sc2n1. The molecule has 0 saturated carbocycles. The Morgan fingerprint density at radius 1 is 1.22 bits per heavy atom. The molecule has 0 bridgehead atoms. The van der Waals surface area contributed by atoms with E-state index in [-0.39, 0.29) is 0 Å². The van der Waals surface area contributed by atoms with Gasteiger partial charge in [-0.15, -0.1) is 11.3 Å². The largest absolute Gasteiger partial charge is 0.366 e. The molecule has 5 nitrogen and oxygen atoms in total. The lowest BCUT2D eigenvalue weighted by Gasteiger charge is -2.09. The van der Waals surface area contributed by atoms with E-state index < -0.39 is 5.91 Å². The van der Waals surface area contributed by atoms with E-state index in [0.717, 1.165) is 34.0 Å². The zero-order chi connectivity index (χ0) is 16.6.